The van der Waals surface area contributed by atoms with Crippen LogP contribution in [-0.2, 0) is 10.0 Å². The first kappa shape index (κ1) is 12.9. The van der Waals surface area contributed by atoms with E-state index >= 15 is 0 Å². The highest BCUT2D eigenvalue weighted by Gasteiger charge is 2.26. The van der Waals surface area contributed by atoms with Crippen LogP contribution in [0.3, 0.4) is 0 Å². The number of nitrogens with zero attached hydrogens (tertiary/aromatic N) is 3. The molecule has 1 fully saturated rings. The molecule has 0 aromatic carbocycles. The smallest absolute Gasteiger partial charge is 0.211 e. The molecule has 17 heavy (non-hydrogen) atoms. The Labute approximate surface area is 109 Å². The van der Waals surface area contributed by atoms with E-state index < -0.39 is 10.0 Å². The lowest BCUT2D eigenvalue weighted by atomic mass is 9.95. The molecule has 2 rings (SSSR count). The zero-order valence-electron chi connectivity index (χ0n) is 9.50. The summed E-state index contributed by atoms with van der Waals surface area (Å²) in [5.74, 6) is 0.314. The molecule has 1 aromatic heterocycles. The summed E-state index contributed by atoms with van der Waals surface area (Å²) in [6.07, 6.45) is 6.31. The Hall–Kier alpha value is -0.530. The van der Waals surface area contributed by atoms with Gasteiger partial charge in [-0.1, -0.05) is 0 Å². The molecule has 1 aliphatic rings. The molecule has 0 aliphatic carbocycles. The summed E-state index contributed by atoms with van der Waals surface area (Å²) in [5.41, 5.74) is 0.946. The van der Waals surface area contributed by atoms with Crippen molar-refractivity contribution in [2.24, 2.45) is 0 Å². The Kier molecular flexibility index (Phi) is 3.79. The third kappa shape index (κ3) is 3.23. The van der Waals surface area contributed by atoms with Crippen molar-refractivity contribution in [3.8, 4) is 0 Å². The SMILES string of the molecule is CS(=O)(=O)N1CCC(c2cnc(Br)cn2)CC1. The largest absolute Gasteiger partial charge is 0.257 e. The van der Waals surface area contributed by atoms with Gasteiger partial charge in [0.25, 0.3) is 0 Å². The quantitative estimate of drug-likeness (QED) is 0.826. The van der Waals surface area contributed by atoms with E-state index in [9.17, 15) is 8.42 Å². The van der Waals surface area contributed by atoms with Crippen molar-refractivity contribution in [3.05, 3.63) is 22.7 Å². The normalized spacial score (nSPS) is 19.4. The van der Waals surface area contributed by atoms with Crippen molar-refractivity contribution < 1.29 is 8.42 Å². The molecule has 0 unspecified atom stereocenters. The van der Waals surface area contributed by atoms with Gasteiger partial charge < -0.3 is 0 Å². The van der Waals surface area contributed by atoms with E-state index in [1.807, 2.05) is 0 Å². The summed E-state index contributed by atoms with van der Waals surface area (Å²) >= 11 is 3.24. The summed E-state index contributed by atoms with van der Waals surface area (Å²) in [7, 11) is -3.05. The number of hydrogen-bond acceptors (Lipinski definition) is 4. The Balaban J connectivity index is 2.02. The third-order valence-electron chi connectivity index (χ3n) is 2.98. The van der Waals surface area contributed by atoms with Crippen LogP contribution in [0.4, 0.5) is 0 Å². The van der Waals surface area contributed by atoms with Gasteiger partial charge in [-0.25, -0.2) is 17.7 Å². The molecule has 0 saturated carbocycles. The van der Waals surface area contributed by atoms with Crippen LogP contribution < -0.4 is 0 Å². The molecule has 1 aromatic rings. The van der Waals surface area contributed by atoms with Gasteiger partial charge in [0.2, 0.25) is 10.0 Å². The second kappa shape index (κ2) is 4.99. The molecule has 0 spiro atoms. The average molecular weight is 320 g/mol. The zero-order valence-corrected chi connectivity index (χ0v) is 11.9. The maximum Gasteiger partial charge on any atom is 0.211 e. The number of sulfonamides is 1. The molecule has 1 aliphatic heterocycles. The first-order valence-electron chi connectivity index (χ1n) is 5.39. The van der Waals surface area contributed by atoms with E-state index in [1.54, 1.807) is 12.4 Å². The van der Waals surface area contributed by atoms with Gasteiger partial charge in [0.15, 0.2) is 0 Å². The van der Waals surface area contributed by atoms with Crippen LogP contribution in [0.25, 0.3) is 0 Å². The molecule has 94 valence electrons. The van der Waals surface area contributed by atoms with Crippen LogP contribution in [0.5, 0.6) is 0 Å². The maximum atomic E-state index is 11.4. The number of halogens is 1. The maximum absolute atomic E-state index is 11.4. The highest BCUT2D eigenvalue weighted by atomic mass is 79.9. The second-order valence-corrected chi connectivity index (χ2v) is 7.00. The van der Waals surface area contributed by atoms with Crippen molar-refractivity contribution in [2.45, 2.75) is 18.8 Å². The predicted molar refractivity (Wildman–Crippen MR) is 68.1 cm³/mol. The average Bonchev–Trinajstić information content (AvgIpc) is 2.29. The van der Waals surface area contributed by atoms with Gasteiger partial charge in [-0.15, -0.1) is 0 Å². The predicted octanol–water partition coefficient (Wildman–Crippen LogP) is 1.38. The van der Waals surface area contributed by atoms with Gasteiger partial charge in [-0.2, -0.15) is 0 Å². The molecule has 1 saturated heterocycles. The highest BCUT2D eigenvalue weighted by Crippen LogP contribution is 2.27. The molecule has 5 nitrogen and oxygen atoms in total. The van der Waals surface area contributed by atoms with Gasteiger partial charge in [-0.3, -0.25) is 4.98 Å². The molecule has 0 radical (unpaired) electrons. The van der Waals surface area contributed by atoms with E-state index in [-0.39, 0.29) is 0 Å². The molecular formula is C10H14BrN3O2S. The minimum absolute atomic E-state index is 0.314. The standard InChI is InChI=1S/C10H14BrN3O2S/c1-17(15,16)14-4-2-8(3-5-14)9-6-13-10(11)7-12-9/h6-8H,2-5H2,1H3. The first-order chi connectivity index (χ1) is 7.97. The van der Waals surface area contributed by atoms with E-state index in [1.165, 1.54) is 10.6 Å². The zero-order chi connectivity index (χ0) is 12.5. The van der Waals surface area contributed by atoms with E-state index in [0.29, 0.717) is 19.0 Å². The summed E-state index contributed by atoms with van der Waals surface area (Å²) < 4.78 is 25.0. The van der Waals surface area contributed by atoms with Crippen molar-refractivity contribution in [1.29, 1.82) is 0 Å². The fourth-order valence-electron chi connectivity index (χ4n) is 2.02. The fourth-order valence-corrected chi connectivity index (χ4v) is 3.10. The van der Waals surface area contributed by atoms with Crippen LogP contribution in [0.15, 0.2) is 17.0 Å². The van der Waals surface area contributed by atoms with Gasteiger partial charge in [0, 0.05) is 25.2 Å². The minimum atomic E-state index is -3.05. The Bertz CT molecular complexity index is 481. The van der Waals surface area contributed by atoms with Crippen LogP contribution in [-0.4, -0.2) is 42.0 Å². The lowest BCUT2D eigenvalue weighted by Gasteiger charge is -2.29. The number of hydrogen-bond donors (Lipinski definition) is 0. The van der Waals surface area contributed by atoms with E-state index in [4.69, 9.17) is 0 Å². The van der Waals surface area contributed by atoms with E-state index in [2.05, 4.69) is 25.9 Å². The molecule has 0 atom stereocenters. The molecule has 0 N–H and O–H groups in total. The minimum Gasteiger partial charge on any atom is -0.257 e. The van der Waals surface area contributed by atoms with Crippen LogP contribution in [0.2, 0.25) is 0 Å². The van der Waals surface area contributed by atoms with Crippen molar-refractivity contribution in [2.75, 3.05) is 19.3 Å². The Morgan fingerprint density at radius 1 is 1.29 bits per heavy atom. The summed E-state index contributed by atoms with van der Waals surface area (Å²) in [6, 6.07) is 0. The molecule has 0 bridgehead atoms. The van der Waals surface area contributed by atoms with Gasteiger partial charge in [-0.05, 0) is 28.8 Å². The monoisotopic (exact) mass is 319 g/mol. The highest BCUT2D eigenvalue weighted by molar-refractivity contribution is 9.10. The first-order valence-corrected chi connectivity index (χ1v) is 8.03. The number of aromatic nitrogens is 2. The molecule has 7 heteroatoms. The molecule has 0 amide bonds. The lowest BCUT2D eigenvalue weighted by molar-refractivity contribution is 0.318. The number of rotatable bonds is 2. The summed E-state index contributed by atoms with van der Waals surface area (Å²) in [5, 5.41) is 0. The summed E-state index contributed by atoms with van der Waals surface area (Å²) in [4.78, 5) is 8.46. The second-order valence-electron chi connectivity index (χ2n) is 4.20. The molecular weight excluding hydrogens is 306 g/mol. The molecule has 2 heterocycles. The van der Waals surface area contributed by atoms with Crippen LogP contribution in [0, 0.1) is 0 Å². The van der Waals surface area contributed by atoms with Crippen molar-refractivity contribution >= 4 is 26.0 Å². The Morgan fingerprint density at radius 2 is 1.94 bits per heavy atom. The van der Waals surface area contributed by atoms with Crippen LogP contribution >= 0.6 is 15.9 Å². The van der Waals surface area contributed by atoms with Gasteiger partial charge in [0.05, 0.1) is 18.1 Å². The van der Waals surface area contributed by atoms with Gasteiger partial charge >= 0.3 is 0 Å². The Morgan fingerprint density at radius 3 is 2.41 bits per heavy atom. The van der Waals surface area contributed by atoms with Gasteiger partial charge in [0.1, 0.15) is 4.60 Å². The van der Waals surface area contributed by atoms with Crippen LogP contribution in [0.1, 0.15) is 24.5 Å². The number of piperidine rings is 1. The third-order valence-corrected chi connectivity index (χ3v) is 4.69. The summed E-state index contributed by atoms with van der Waals surface area (Å²) in [6.45, 7) is 1.14. The fraction of sp³-hybridized carbons (Fsp3) is 0.600. The van der Waals surface area contributed by atoms with Crippen molar-refractivity contribution in [3.63, 3.8) is 0 Å². The van der Waals surface area contributed by atoms with Crippen molar-refractivity contribution in [1.82, 2.24) is 14.3 Å². The topological polar surface area (TPSA) is 63.2 Å². The van der Waals surface area contributed by atoms with E-state index in [0.717, 1.165) is 23.1 Å². The lowest BCUT2D eigenvalue weighted by Crippen LogP contribution is -2.37.